The van der Waals surface area contributed by atoms with E-state index < -0.39 is 0 Å². The molecule has 2 N–H and O–H groups in total. The summed E-state index contributed by atoms with van der Waals surface area (Å²) in [4.78, 5) is 4.27. The number of hydrogen-bond acceptors (Lipinski definition) is 2. The zero-order chi connectivity index (χ0) is 10.8. The molecular weight excluding hydrogens is 254 g/mol. The molecule has 0 atom stereocenters. The summed E-state index contributed by atoms with van der Waals surface area (Å²) in [5.41, 5.74) is 7.82. The number of halogens is 1. The molecule has 0 unspecified atom stereocenters. The van der Waals surface area contributed by atoms with Crippen molar-refractivity contribution in [2.45, 2.75) is 13.5 Å². The monoisotopic (exact) mass is 265 g/mol. The van der Waals surface area contributed by atoms with E-state index in [1.54, 1.807) is 0 Å². The molecule has 0 saturated heterocycles. The fourth-order valence-corrected chi connectivity index (χ4v) is 2.06. The fraction of sp³-hybridized carbons (Fsp3) is 0.182. The summed E-state index contributed by atoms with van der Waals surface area (Å²) < 4.78 is 3.10. The molecule has 1 aromatic carbocycles. The van der Waals surface area contributed by atoms with Gasteiger partial charge < -0.3 is 5.73 Å². The van der Waals surface area contributed by atoms with E-state index in [-0.39, 0.29) is 0 Å². The maximum absolute atomic E-state index is 5.65. The minimum Gasteiger partial charge on any atom is -0.324 e. The van der Waals surface area contributed by atoms with Gasteiger partial charge in [0, 0.05) is 16.4 Å². The Hall–Kier alpha value is -1.13. The number of hydrogen-bond donors (Lipinski definition) is 1. The lowest BCUT2D eigenvalue weighted by molar-refractivity contribution is 0.849. The molecule has 15 heavy (non-hydrogen) atoms. The summed E-state index contributed by atoms with van der Waals surface area (Å²) in [5, 5.41) is 0. The Balaban J connectivity index is 2.63. The molecule has 4 heteroatoms. The van der Waals surface area contributed by atoms with Crippen molar-refractivity contribution in [2.24, 2.45) is 5.73 Å². The molecular formula is C11H12BrN3. The average Bonchev–Trinajstić information content (AvgIpc) is 2.60. The Labute approximate surface area is 97.1 Å². The molecule has 0 aliphatic heterocycles. The summed E-state index contributed by atoms with van der Waals surface area (Å²) >= 11 is 3.53. The van der Waals surface area contributed by atoms with Gasteiger partial charge in [0.2, 0.25) is 0 Å². The van der Waals surface area contributed by atoms with E-state index in [9.17, 15) is 0 Å². The van der Waals surface area contributed by atoms with Gasteiger partial charge in [0.05, 0.1) is 12.2 Å². The summed E-state index contributed by atoms with van der Waals surface area (Å²) in [6.45, 7) is 2.46. The number of benzene rings is 1. The van der Waals surface area contributed by atoms with Gasteiger partial charge in [-0.3, -0.25) is 4.57 Å². The molecule has 78 valence electrons. The van der Waals surface area contributed by atoms with Crippen molar-refractivity contribution in [3.05, 3.63) is 46.5 Å². The number of rotatable bonds is 2. The van der Waals surface area contributed by atoms with Crippen LogP contribution in [0, 0.1) is 6.92 Å². The molecule has 0 saturated carbocycles. The third-order valence-corrected chi connectivity index (χ3v) is 2.96. The van der Waals surface area contributed by atoms with Crippen LogP contribution in [0.5, 0.6) is 0 Å². The van der Waals surface area contributed by atoms with Crippen LogP contribution in [0.25, 0.3) is 5.69 Å². The van der Waals surface area contributed by atoms with E-state index in [1.807, 2.05) is 37.4 Å². The third kappa shape index (κ3) is 1.82. The van der Waals surface area contributed by atoms with Gasteiger partial charge in [-0.05, 0) is 35.0 Å². The molecule has 3 nitrogen and oxygen atoms in total. The minimum absolute atomic E-state index is 0.440. The summed E-state index contributed by atoms with van der Waals surface area (Å²) in [5.74, 6) is 0.874. The molecule has 0 spiro atoms. The van der Waals surface area contributed by atoms with E-state index in [1.165, 1.54) is 0 Å². The number of nitrogens with zero attached hydrogens (tertiary/aromatic N) is 2. The first-order valence-corrected chi connectivity index (χ1v) is 5.51. The van der Waals surface area contributed by atoms with Crippen LogP contribution in [0.15, 0.2) is 34.9 Å². The second kappa shape index (κ2) is 4.16. The Morgan fingerprint density at radius 2 is 2.13 bits per heavy atom. The van der Waals surface area contributed by atoms with E-state index in [4.69, 9.17) is 5.73 Å². The van der Waals surface area contributed by atoms with Crippen molar-refractivity contribution >= 4 is 15.9 Å². The highest BCUT2D eigenvalue weighted by atomic mass is 79.9. The molecule has 2 aromatic rings. The van der Waals surface area contributed by atoms with Crippen molar-refractivity contribution in [2.75, 3.05) is 0 Å². The van der Waals surface area contributed by atoms with Crippen LogP contribution in [0.3, 0.4) is 0 Å². The molecule has 0 aliphatic rings. The molecule has 0 fully saturated rings. The van der Waals surface area contributed by atoms with Crippen molar-refractivity contribution in [3.63, 3.8) is 0 Å². The lowest BCUT2D eigenvalue weighted by atomic mass is 10.3. The molecule has 1 aromatic heterocycles. The van der Waals surface area contributed by atoms with Crippen LogP contribution in [0.2, 0.25) is 0 Å². The molecule has 0 bridgehead atoms. The highest BCUT2D eigenvalue weighted by Crippen LogP contribution is 2.23. The molecule has 2 rings (SSSR count). The van der Waals surface area contributed by atoms with Gasteiger partial charge >= 0.3 is 0 Å². The molecule has 1 heterocycles. The highest BCUT2D eigenvalue weighted by Gasteiger charge is 2.09. The van der Waals surface area contributed by atoms with Crippen molar-refractivity contribution in [1.82, 2.24) is 9.55 Å². The maximum Gasteiger partial charge on any atom is 0.127 e. The van der Waals surface area contributed by atoms with Crippen LogP contribution in [-0.4, -0.2) is 9.55 Å². The number of nitrogens with two attached hydrogens (primary N) is 1. The van der Waals surface area contributed by atoms with Gasteiger partial charge in [0.15, 0.2) is 0 Å². The van der Waals surface area contributed by atoms with Crippen LogP contribution in [0.1, 0.15) is 11.5 Å². The number of imidazole rings is 1. The van der Waals surface area contributed by atoms with Gasteiger partial charge in [0.1, 0.15) is 5.82 Å². The maximum atomic E-state index is 5.65. The summed E-state index contributed by atoms with van der Waals surface area (Å²) in [7, 11) is 0. The molecule has 0 aliphatic carbocycles. The topological polar surface area (TPSA) is 43.8 Å². The smallest absolute Gasteiger partial charge is 0.127 e. The number of aryl methyl sites for hydroxylation is 1. The van der Waals surface area contributed by atoms with E-state index in [0.717, 1.165) is 21.7 Å². The standard InChI is InChI=1S/C11H12BrN3/c1-8-7-14-11(6-13)15(8)10-5-3-2-4-9(10)12/h2-5,7H,6,13H2,1H3. The zero-order valence-electron chi connectivity index (χ0n) is 8.44. The first-order chi connectivity index (χ1) is 7.24. The Kier molecular flexibility index (Phi) is 2.88. The van der Waals surface area contributed by atoms with Crippen LogP contribution >= 0.6 is 15.9 Å². The molecule has 0 amide bonds. The summed E-state index contributed by atoms with van der Waals surface area (Å²) in [6, 6.07) is 8.04. The van der Waals surface area contributed by atoms with Crippen LogP contribution < -0.4 is 5.73 Å². The van der Waals surface area contributed by atoms with E-state index >= 15 is 0 Å². The van der Waals surface area contributed by atoms with Gasteiger partial charge in [-0.2, -0.15) is 0 Å². The van der Waals surface area contributed by atoms with Crippen molar-refractivity contribution in [3.8, 4) is 5.69 Å². The molecule has 0 radical (unpaired) electrons. The zero-order valence-corrected chi connectivity index (χ0v) is 10.0. The Morgan fingerprint density at radius 1 is 1.40 bits per heavy atom. The SMILES string of the molecule is Cc1cnc(CN)n1-c1ccccc1Br. The van der Waals surface area contributed by atoms with Crippen molar-refractivity contribution < 1.29 is 0 Å². The fourth-order valence-electron chi connectivity index (χ4n) is 1.59. The quantitative estimate of drug-likeness (QED) is 0.907. The lowest BCUT2D eigenvalue weighted by Crippen LogP contribution is -2.08. The largest absolute Gasteiger partial charge is 0.324 e. The van der Waals surface area contributed by atoms with Gasteiger partial charge in [-0.25, -0.2) is 4.98 Å². The predicted molar refractivity (Wildman–Crippen MR) is 63.9 cm³/mol. The van der Waals surface area contributed by atoms with Crippen molar-refractivity contribution in [1.29, 1.82) is 0 Å². The van der Waals surface area contributed by atoms with E-state index in [2.05, 4.69) is 25.5 Å². The second-order valence-electron chi connectivity index (χ2n) is 3.31. The second-order valence-corrected chi connectivity index (χ2v) is 4.16. The normalized spacial score (nSPS) is 10.6. The highest BCUT2D eigenvalue weighted by molar-refractivity contribution is 9.10. The van der Waals surface area contributed by atoms with Gasteiger partial charge in [-0.1, -0.05) is 12.1 Å². The first kappa shape index (κ1) is 10.4. The van der Waals surface area contributed by atoms with E-state index in [0.29, 0.717) is 6.54 Å². The Morgan fingerprint density at radius 3 is 2.80 bits per heavy atom. The average molecular weight is 266 g/mol. The number of para-hydroxylation sites is 1. The lowest BCUT2D eigenvalue weighted by Gasteiger charge is -2.10. The number of aromatic nitrogens is 2. The van der Waals surface area contributed by atoms with Gasteiger partial charge in [-0.15, -0.1) is 0 Å². The first-order valence-electron chi connectivity index (χ1n) is 4.72. The minimum atomic E-state index is 0.440. The van der Waals surface area contributed by atoms with Crippen LogP contribution in [0.4, 0.5) is 0 Å². The summed E-state index contributed by atoms with van der Waals surface area (Å²) in [6.07, 6.45) is 1.83. The third-order valence-electron chi connectivity index (χ3n) is 2.29. The Bertz CT molecular complexity index is 476. The van der Waals surface area contributed by atoms with Crippen LogP contribution in [-0.2, 0) is 6.54 Å². The predicted octanol–water partition coefficient (Wildman–Crippen LogP) is 2.40. The van der Waals surface area contributed by atoms with Gasteiger partial charge in [0.25, 0.3) is 0 Å².